The zero-order valence-electron chi connectivity index (χ0n) is 13.2. The van der Waals surface area contributed by atoms with Crippen molar-refractivity contribution in [2.75, 3.05) is 0 Å². The van der Waals surface area contributed by atoms with Gasteiger partial charge in [0, 0.05) is 12.0 Å². The van der Waals surface area contributed by atoms with Gasteiger partial charge in [0.25, 0.3) is 0 Å². The Hall–Kier alpha value is -2.31. The lowest BCUT2D eigenvalue weighted by atomic mass is 9.96. The molecule has 7 heteroatoms. The van der Waals surface area contributed by atoms with Gasteiger partial charge < -0.3 is 4.57 Å². The van der Waals surface area contributed by atoms with Crippen LogP contribution in [0.4, 0.5) is 4.39 Å². The maximum atomic E-state index is 13.9. The van der Waals surface area contributed by atoms with Crippen LogP contribution in [0.3, 0.4) is 0 Å². The Bertz CT molecular complexity index is 811. The number of halogens is 1. The zero-order valence-corrected chi connectivity index (χ0v) is 13.2. The van der Waals surface area contributed by atoms with Crippen LogP contribution in [-0.2, 0) is 18.5 Å². The van der Waals surface area contributed by atoms with Gasteiger partial charge >= 0.3 is 0 Å². The minimum atomic E-state index is -0.307. The first-order valence-electron chi connectivity index (χ1n) is 7.32. The molecule has 0 saturated heterocycles. The molecule has 0 radical (unpaired) electrons. The van der Waals surface area contributed by atoms with Crippen molar-refractivity contribution in [3.05, 3.63) is 35.7 Å². The Labute approximate surface area is 128 Å². The number of imidazole rings is 1. The summed E-state index contributed by atoms with van der Waals surface area (Å²) in [5, 5.41) is 11.9. The Morgan fingerprint density at radius 2 is 2.00 bits per heavy atom. The molecule has 1 aromatic carbocycles. The van der Waals surface area contributed by atoms with E-state index in [2.05, 4.69) is 41.3 Å². The fourth-order valence-corrected chi connectivity index (χ4v) is 2.62. The molecule has 0 aliphatic heterocycles. The molecular weight excluding hydrogens is 283 g/mol. The minimum absolute atomic E-state index is 0.169. The lowest BCUT2D eigenvalue weighted by molar-refractivity contribution is 0.479. The Kier molecular flexibility index (Phi) is 3.42. The molecule has 2 heterocycles. The molecule has 0 amide bonds. The Morgan fingerprint density at radius 3 is 2.68 bits per heavy atom. The average molecular weight is 302 g/mol. The van der Waals surface area contributed by atoms with Crippen LogP contribution in [0.25, 0.3) is 11.0 Å². The molecule has 0 aliphatic carbocycles. The minimum Gasteiger partial charge on any atom is -0.327 e. The highest BCUT2D eigenvalue weighted by Crippen LogP contribution is 2.22. The van der Waals surface area contributed by atoms with Crippen LogP contribution in [0, 0.1) is 5.82 Å². The van der Waals surface area contributed by atoms with Crippen LogP contribution in [0.1, 0.15) is 39.3 Å². The van der Waals surface area contributed by atoms with E-state index in [0.29, 0.717) is 18.6 Å². The smallest absolute Gasteiger partial charge is 0.157 e. The highest BCUT2D eigenvalue weighted by atomic mass is 19.1. The van der Waals surface area contributed by atoms with Crippen LogP contribution in [0.5, 0.6) is 0 Å². The summed E-state index contributed by atoms with van der Waals surface area (Å²) in [7, 11) is 0. The van der Waals surface area contributed by atoms with Crippen molar-refractivity contribution >= 4 is 11.0 Å². The van der Waals surface area contributed by atoms with E-state index in [9.17, 15) is 4.39 Å². The van der Waals surface area contributed by atoms with Gasteiger partial charge in [-0.15, -0.1) is 5.10 Å². The van der Waals surface area contributed by atoms with Crippen LogP contribution >= 0.6 is 0 Å². The quantitative estimate of drug-likeness (QED) is 0.746. The first-order chi connectivity index (χ1) is 10.4. The van der Waals surface area contributed by atoms with Crippen LogP contribution < -0.4 is 0 Å². The predicted octanol–water partition coefficient (Wildman–Crippen LogP) is 2.53. The third kappa shape index (κ3) is 2.36. The standard InChI is InChI=1S/C15H19FN6/c1-5-21-11-8-6-7-10(16)13(11)17-12(21)9-22-14(15(2,3)4)18-19-20-22/h6-8H,5,9H2,1-4H3. The second kappa shape index (κ2) is 5.15. The summed E-state index contributed by atoms with van der Waals surface area (Å²) < 4.78 is 17.7. The SMILES string of the molecule is CCn1c(Cn2nnnc2C(C)(C)C)nc2c(F)cccc21. The number of fused-ring (bicyclic) bond motifs is 1. The molecule has 3 rings (SSSR count). The summed E-state index contributed by atoms with van der Waals surface area (Å²) >= 11 is 0. The van der Waals surface area contributed by atoms with Crippen molar-refractivity contribution in [3.8, 4) is 0 Å². The summed E-state index contributed by atoms with van der Waals surface area (Å²) in [6, 6.07) is 5.01. The van der Waals surface area contributed by atoms with Gasteiger partial charge in [-0.25, -0.2) is 14.1 Å². The molecule has 6 nitrogen and oxygen atoms in total. The fourth-order valence-electron chi connectivity index (χ4n) is 2.62. The molecule has 0 spiro atoms. The van der Waals surface area contributed by atoms with Crippen molar-refractivity contribution in [3.63, 3.8) is 0 Å². The Morgan fingerprint density at radius 1 is 1.23 bits per heavy atom. The lowest BCUT2D eigenvalue weighted by Crippen LogP contribution is -2.21. The van der Waals surface area contributed by atoms with Crippen LogP contribution in [0.2, 0.25) is 0 Å². The van der Waals surface area contributed by atoms with E-state index in [1.165, 1.54) is 6.07 Å². The average Bonchev–Trinajstić information content (AvgIpc) is 3.03. The number of hydrogen-bond donors (Lipinski definition) is 0. The highest BCUT2D eigenvalue weighted by molar-refractivity contribution is 5.76. The molecule has 0 unspecified atom stereocenters. The van der Waals surface area contributed by atoms with Gasteiger partial charge in [-0.3, -0.25) is 0 Å². The number of rotatable bonds is 3. The fraction of sp³-hybridized carbons (Fsp3) is 0.467. The van der Waals surface area contributed by atoms with E-state index < -0.39 is 0 Å². The van der Waals surface area contributed by atoms with E-state index in [0.717, 1.165) is 17.2 Å². The molecule has 116 valence electrons. The predicted molar refractivity (Wildman–Crippen MR) is 81.0 cm³/mol. The maximum Gasteiger partial charge on any atom is 0.157 e. The van der Waals surface area contributed by atoms with Crippen molar-refractivity contribution in [2.24, 2.45) is 0 Å². The van der Waals surface area contributed by atoms with E-state index in [1.807, 2.05) is 17.6 Å². The Balaban J connectivity index is 2.09. The summed E-state index contributed by atoms with van der Waals surface area (Å²) in [5.41, 5.74) is 1.02. The van der Waals surface area contributed by atoms with Gasteiger partial charge in [0.1, 0.15) is 17.9 Å². The number of aryl methyl sites for hydroxylation is 1. The molecule has 0 N–H and O–H groups in total. The number of nitrogens with zero attached hydrogens (tertiary/aromatic N) is 6. The number of benzene rings is 1. The van der Waals surface area contributed by atoms with Gasteiger partial charge in [-0.2, -0.15) is 0 Å². The van der Waals surface area contributed by atoms with Gasteiger partial charge in [-0.1, -0.05) is 26.8 Å². The molecular formula is C15H19FN6. The van der Waals surface area contributed by atoms with Gasteiger partial charge in [0.2, 0.25) is 0 Å². The molecule has 2 aromatic heterocycles. The third-order valence-corrected chi connectivity index (χ3v) is 3.62. The molecule has 3 aromatic rings. The lowest BCUT2D eigenvalue weighted by Gasteiger charge is -2.17. The van der Waals surface area contributed by atoms with E-state index in [4.69, 9.17) is 0 Å². The third-order valence-electron chi connectivity index (χ3n) is 3.62. The molecule has 0 saturated carbocycles. The second-order valence-corrected chi connectivity index (χ2v) is 6.29. The largest absolute Gasteiger partial charge is 0.327 e. The summed E-state index contributed by atoms with van der Waals surface area (Å²) in [4.78, 5) is 4.45. The van der Waals surface area contributed by atoms with Gasteiger partial charge in [0.15, 0.2) is 11.6 Å². The van der Waals surface area contributed by atoms with E-state index in [-0.39, 0.29) is 11.2 Å². The van der Waals surface area contributed by atoms with Crippen LogP contribution in [0.15, 0.2) is 18.2 Å². The molecule has 0 fully saturated rings. The highest BCUT2D eigenvalue weighted by Gasteiger charge is 2.23. The van der Waals surface area contributed by atoms with Crippen molar-refractivity contribution in [2.45, 2.75) is 46.2 Å². The topological polar surface area (TPSA) is 61.4 Å². The second-order valence-electron chi connectivity index (χ2n) is 6.29. The first-order valence-corrected chi connectivity index (χ1v) is 7.32. The normalized spacial score (nSPS) is 12.2. The van der Waals surface area contributed by atoms with Gasteiger partial charge in [0.05, 0.1) is 5.52 Å². The number of hydrogen-bond acceptors (Lipinski definition) is 4. The van der Waals surface area contributed by atoms with Crippen molar-refractivity contribution < 1.29 is 4.39 Å². The van der Waals surface area contributed by atoms with Crippen molar-refractivity contribution in [1.82, 2.24) is 29.8 Å². The molecule has 0 bridgehead atoms. The summed E-state index contributed by atoms with van der Waals surface area (Å²) in [6.45, 7) is 9.30. The maximum absolute atomic E-state index is 13.9. The molecule has 22 heavy (non-hydrogen) atoms. The summed E-state index contributed by atoms with van der Waals surface area (Å²) in [6.07, 6.45) is 0. The molecule has 0 atom stereocenters. The van der Waals surface area contributed by atoms with Crippen LogP contribution in [-0.4, -0.2) is 29.8 Å². The monoisotopic (exact) mass is 302 g/mol. The number of para-hydroxylation sites is 1. The molecule has 0 aliphatic rings. The number of aromatic nitrogens is 6. The first kappa shape index (κ1) is 14.6. The van der Waals surface area contributed by atoms with Crippen molar-refractivity contribution in [1.29, 1.82) is 0 Å². The zero-order chi connectivity index (χ0) is 15.9. The number of tetrazole rings is 1. The van der Waals surface area contributed by atoms with E-state index >= 15 is 0 Å². The van der Waals surface area contributed by atoms with Gasteiger partial charge in [-0.05, 0) is 29.5 Å². The summed E-state index contributed by atoms with van der Waals surface area (Å²) in [5.74, 6) is 1.22. The van der Waals surface area contributed by atoms with E-state index in [1.54, 1.807) is 10.7 Å².